The first kappa shape index (κ1) is 18.6. The average Bonchev–Trinajstić information content (AvgIpc) is 3.05. The summed E-state index contributed by atoms with van der Waals surface area (Å²) in [5, 5.41) is 17.6. The average molecular weight is 354 g/mol. The van der Waals surface area contributed by atoms with Crippen molar-refractivity contribution in [1.82, 2.24) is 5.43 Å². The summed E-state index contributed by atoms with van der Waals surface area (Å²) in [6.45, 7) is 13.2. The Labute approximate surface area is 157 Å². The Morgan fingerprint density at radius 2 is 1.81 bits per heavy atom. The molecule has 0 atom stereocenters. The summed E-state index contributed by atoms with van der Waals surface area (Å²) in [4.78, 5) is 0. The quantitative estimate of drug-likeness (QED) is 0.756. The monoisotopic (exact) mass is 353 g/mol. The molecular weight excluding hydrogens is 322 g/mol. The molecule has 1 aromatic carbocycles. The molecule has 0 spiro atoms. The van der Waals surface area contributed by atoms with Crippen LogP contribution in [0.5, 0.6) is 5.75 Å². The van der Waals surface area contributed by atoms with Crippen LogP contribution in [0.25, 0.3) is 0 Å². The van der Waals surface area contributed by atoms with E-state index in [1.54, 1.807) is 5.12 Å². The lowest BCUT2D eigenvalue weighted by atomic mass is 9.76. The number of aromatic hydroxyl groups is 1. The van der Waals surface area contributed by atoms with Crippen LogP contribution in [0.15, 0.2) is 41.2 Å². The van der Waals surface area contributed by atoms with Gasteiger partial charge in [0.2, 0.25) is 0 Å². The van der Waals surface area contributed by atoms with Gasteiger partial charge in [0.25, 0.3) is 0 Å². The number of anilines is 1. The van der Waals surface area contributed by atoms with Crippen molar-refractivity contribution in [2.75, 3.05) is 5.12 Å². The van der Waals surface area contributed by atoms with Crippen LogP contribution in [0, 0.1) is 0 Å². The van der Waals surface area contributed by atoms with Crippen LogP contribution in [-0.4, -0.2) is 10.8 Å². The maximum absolute atomic E-state index is 11.1. The highest BCUT2D eigenvalue weighted by atomic mass is 16.3. The minimum atomic E-state index is -0.112. The third-order valence-corrected chi connectivity index (χ3v) is 6.06. The lowest BCUT2D eigenvalue weighted by Crippen LogP contribution is -2.29. The summed E-state index contributed by atoms with van der Waals surface area (Å²) >= 11 is 0. The van der Waals surface area contributed by atoms with E-state index in [4.69, 9.17) is 5.10 Å². The highest BCUT2D eigenvalue weighted by Crippen LogP contribution is 2.44. The zero-order valence-corrected chi connectivity index (χ0v) is 16.8. The van der Waals surface area contributed by atoms with Crippen molar-refractivity contribution in [2.24, 2.45) is 5.10 Å². The van der Waals surface area contributed by atoms with Gasteiger partial charge in [-0.2, -0.15) is 10.2 Å². The van der Waals surface area contributed by atoms with Gasteiger partial charge in [0.15, 0.2) is 0 Å². The number of phenols is 1. The van der Waals surface area contributed by atoms with Gasteiger partial charge in [-0.25, -0.2) is 0 Å². The molecule has 1 aliphatic heterocycles. The number of hydrogen-bond acceptors (Lipinski definition) is 4. The van der Waals surface area contributed by atoms with Gasteiger partial charge in [0.1, 0.15) is 11.4 Å². The lowest BCUT2D eigenvalue weighted by Gasteiger charge is -2.31. The van der Waals surface area contributed by atoms with Gasteiger partial charge >= 0.3 is 0 Å². The van der Waals surface area contributed by atoms with Crippen molar-refractivity contribution in [3.8, 4) is 5.75 Å². The highest BCUT2D eigenvalue weighted by Gasteiger charge is 2.31. The Hall–Kier alpha value is -2.23. The molecule has 4 nitrogen and oxygen atoms in total. The molecule has 140 valence electrons. The second-order valence-corrected chi connectivity index (χ2v) is 8.55. The molecule has 1 heterocycles. The van der Waals surface area contributed by atoms with Crippen molar-refractivity contribution in [2.45, 2.75) is 71.6 Å². The fraction of sp³-hybridized carbons (Fsp3) is 0.500. The predicted molar refractivity (Wildman–Crippen MR) is 110 cm³/mol. The molecular formula is C22H31N3O. The molecule has 0 radical (unpaired) electrons. The van der Waals surface area contributed by atoms with E-state index in [-0.39, 0.29) is 10.8 Å². The molecule has 0 amide bonds. The van der Waals surface area contributed by atoms with Crippen molar-refractivity contribution < 1.29 is 5.11 Å². The molecule has 0 saturated carbocycles. The smallest absolute Gasteiger partial charge is 0.146 e. The van der Waals surface area contributed by atoms with Crippen LogP contribution < -0.4 is 10.5 Å². The summed E-state index contributed by atoms with van der Waals surface area (Å²) < 4.78 is 0. The van der Waals surface area contributed by atoms with Gasteiger partial charge in [-0.15, -0.1) is 0 Å². The Balaban J connectivity index is 2.14. The molecule has 1 aromatic rings. The van der Waals surface area contributed by atoms with Crippen LogP contribution >= 0.6 is 0 Å². The van der Waals surface area contributed by atoms with Crippen molar-refractivity contribution in [1.29, 1.82) is 0 Å². The first-order valence-corrected chi connectivity index (χ1v) is 9.59. The van der Waals surface area contributed by atoms with Gasteiger partial charge in [-0.3, -0.25) is 5.43 Å². The first-order chi connectivity index (χ1) is 12.2. The molecule has 4 heteroatoms. The minimum Gasteiger partial charge on any atom is -0.505 e. The van der Waals surface area contributed by atoms with E-state index >= 15 is 0 Å². The number of rotatable bonds is 5. The maximum Gasteiger partial charge on any atom is 0.146 e. The van der Waals surface area contributed by atoms with E-state index in [0.717, 1.165) is 41.9 Å². The van der Waals surface area contributed by atoms with Crippen LogP contribution in [0.3, 0.4) is 0 Å². The zero-order chi connectivity index (χ0) is 19.1. The third-order valence-electron chi connectivity index (χ3n) is 6.06. The first-order valence-electron chi connectivity index (χ1n) is 9.59. The van der Waals surface area contributed by atoms with Gasteiger partial charge < -0.3 is 5.11 Å². The number of phenolic OH excluding ortho intramolecular Hbond substituents is 1. The molecule has 0 aromatic heterocycles. The fourth-order valence-corrected chi connectivity index (χ4v) is 3.20. The summed E-state index contributed by atoms with van der Waals surface area (Å²) in [5.74, 6) is 0.316. The van der Waals surface area contributed by atoms with E-state index in [0.29, 0.717) is 5.75 Å². The number of hydrazine groups is 1. The van der Waals surface area contributed by atoms with Crippen molar-refractivity contribution >= 4 is 11.4 Å². The molecule has 2 aliphatic rings. The molecule has 0 fully saturated rings. The van der Waals surface area contributed by atoms with Gasteiger partial charge in [0.05, 0.1) is 11.4 Å². The van der Waals surface area contributed by atoms with Crippen LogP contribution in [0.1, 0.15) is 71.9 Å². The van der Waals surface area contributed by atoms with E-state index in [9.17, 15) is 5.11 Å². The normalized spacial score (nSPS) is 16.9. The van der Waals surface area contributed by atoms with Crippen LogP contribution in [0.4, 0.5) is 5.69 Å². The minimum absolute atomic E-state index is 0.0292. The highest BCUT2D eigenvalue weighted by molar-refractivity contribution is 6.04. The Morgan fingerprint density at radius 3 is 2.42 bits per heavy atom. The number of benzene rings is 1. The van der Waals surface area contributed by atoms with Crippen molar-refractivity contribution in [3.05, 3.63) is 47.2 Å². The van der Waals surface area contributed by atoms with E-state index in [1.807, 2.05) is 12.2 Å². The Kier molecular flexibility index (Phi) is 4.63. The summed E-state index contributed by atoms with van der Waals surface area (Å²) in [5.41, 5.74) is 8.19. The van der Waals surface area contributed by atoms with Gasteiger partial charge in [0, 0.05) is 12.0 Å². The fourth-order valence-electron chi connectivity index (χ4n) is 3.20. The summed E-state index contributed by atoms with van der Waals surface area (Å²) in [6, 6.07) is 4.26. The molecule has 0 unspecified atom stereocenters. The molecule has 26 heavy (non-hydrogen) atoms. The third kappa shape index (κ3) is 3.13. The van der Waals surface area contributed by atoms with Crippen LogP contribution in [-0.2, 0) is 10.8 Å². The molecule has 0 bridgehead atoms. The molecule has 2 N–H and O–H groups in total. The maximum atomic E-state index is 11.1. The van der Waals surface area contributed by atoms with Gasteiger partial charge in [-0.05, 0) is 41.4 Å². The Bertz CT molecular complexity index is 800. The molecule has 1 aliphatic carbocycles. The largest absolute Gasteiger partial charge is 0.505 e. The van der Waals surface area contributed by atoms with E-state index in [1.165, 1.54) is 5.56 Å². The number of hydrazone groups is 1. The number of allylic oxidation sites excluding steroid dienone is 4. The second kappa shape index (κ2) is 6.49. The van der Waals surface area contributed by atoms with E-state index < -0.39 is 0 Å². The standard InChI is InChI=1S/C22H31N3O/c1-7-21(3,4)15-13-16(22(5,6)8-2)20(26)19(14-15)25-23-17-11-9-10-12-18(17)24-25/h9-11,13-14,23,26H,7-8,12H2,1-6H3. The van der Waals surface area contributed by atoms with Crippen LogP contribution in [0.2, 0.25) is 0 Å². The number of fused-ring (bicyclic) bond motifs is 1. The summed E-state index contributed by atoms with van der Waals surface area (Å²) in [7, 11) is 0. The Morgan fingerprint density at radius 1 is 1.12 bits per heavy atom. The van der Waals surface area contributed by atoms with Crippen molar-refractivity contribution in [3.63, 3.8) is 0 Å². The number of hydrogen-bond donors (Lipinski definition) is 2. The topological polar surface area (TPSA) is 47.9 Å². The second-order valence-electron chi connectivity index (χ2n) is 8.55. The number of nitrogens with one attached hydrogen (secondary N) is 1. The molecule has 0 saturated heterocycles. The SMILES string of the molecule is CCC(C)(C)c1cc(N2N=C3CC=CC=C3N2)c(O)c(C(C)(C)CC)c1. The van der Waals surface area contributed by atoms with Gasteiger partial charge in [-0.1, -0.05) is 59.8 Å². The zero-order valence-electron chi connectivity index (χ0n) is 16.8. The number of nitrogens with zero attached hydrogens (tertiary/aromatic N) is 2. The predicted octanol–water partition coefficient (Wildman–Crippen LogP) is 5.29. The van der Waals surface area contributed by atoms with E-state index in [2.05, 4.69) is 65.2 Å². The lowest BCUT2D eigenvalue weighted by molar-refractivity contribution is 0.424. The summed E-state index contributed by atoms with van der Waals surface area (Å²) in [6.07, 6.45) is 8.94. The molecule has 3 rings (SSSR count).